The van der Waals surface area contributed by atoms with E-state index in [1.165, 1.54) is 6.07 Å². The first kappa shape index (κ1) is 12.2. The van der Waals surface area contributed by atoms with Gasteiger partial charge < -0.3 is 10.2 Å². The molecule has 19 heavy (non-hydrogen) atoms. The predicted octanol–water partition coefficient (Wildman–Crippen LogP) is 4.35. The van der Waals surface area contributed by atoms with Gasteiger partial charge in [0, 0.05) is 22.5 Å². The summed E-state index contributed by atoms with van der Waals surface area (Å²) in [5, 5.41) is 1.31. The maximum Gasteiger partial charge on any atom is 0.170 e. The Hall–Kier alpha value is -1.84. The van der Waals surface area contributed by atoms with Crippen LogP contribution in [0.4, 0.5) is 4.39 Å². The Labute approximate surface area is 114 Å². The van der Waals surface area contributed by atoms with Crippen molar-refractivity contribution < 1.29 is 8.81 Å². The molecule has 3 rings (SSSR count). The molecule has 2 aromatic carbocycles. The van der Waals surface area contributed by atoms with Crippen molar-refractivity contribution in [2.45, 2.75) is 6.54 Å². The average Bonchev–Trinajstić information content (AvgIpc) is 2.84. The van der Waals surface area contributed by atoms with Crippen LogP contribution in [0.25, 0.3) is 22.3 Å². The Kier molecular flexibility index (Phi) is 3.01. The van der Waals surface area contributed by atoms with Crippen LogP contribution in [-0.4, -0.2) is 0 Å². The van der Waals surface area contributed by atoms with E-state index in [0.29, 0.717) is 17.3 Å². The molecular formula is C15H11ClFNO. The molecule has 0 fully saturated rings. The van der Waals surface area contributed by atoms with Gasteiger partial charge >= 0.3 is 0 Å². The first-order chi connectivity index (χ1) is 9.19. The molecule has 2 N–H and O–H groups in total. The highest BCUT2D eigenvalue weighted by Gasteiger charge is 2.10. The monoisotopic (exact) mass is 275 g/mol. The van der Waals surface area contributed by atoms with E-state index in [0.717, 1.165) is 16.5 Å². The maximum atomic E-state index is 13.6. The number of benzene rings is 2. The summed E-state index contributed by atoms with van der Waals surface area (Å²) in [4.78, 5) is 0. The fourth-order valence-corrected chi connectivity index (χ4v) is 2.29. The third kappa shape index (κ3) is 2.11. The molecule has 0 aliphatic heterocycles. The van der Waals surface area contributed by atoms with Crippen molar-refractivity contribution in [1.82, 2.24) is 0 Å². The topological polar surface area (TPSA) is 39.2 Å². The van der Waals surface area contributed by atoms with E-state index in [-0.39, 0.29) is 11.4 Å². The normalized spacial score (nSPS) is 11.1. The number of hydrogen-bond donors (Lipinski definition) is 1. The highest BCUT2D eigenvalue weighted by Crippen LogP contribution is 2.31. The van der Waals surface area contributed by atoms with Crippen LogP contribution in [0.15, 0.2) is 46.9 Å². The van der Waals surface area contributed by atoms with Crippen LogP contribution in [0.2, 0.25) is 5.02 Å². The summed E-state index contributed by atoms with van der Waals surface area (Å²) in [6, 6.07) is 12.1. The molecule has 4 heteroatoms. The Morgan fingerprint density at radius 1 is 1.16 bits per heavy atom. The second kappa shape index (κ2) is 4.68. The Morgan fingerprint density at radius 3 is 2.68 bits per heavy atom. The van der Waals surface area contributed by atoms with Gasteiger partial charge in [-0.15, -0.1) is 0 Å². The van der Waals surface area contributed by atoms with Crippen LogP contribution in [0.3, 0.4) is 0 Å². The van der Waals surface area contributed by atoms with Crippen LogP contribution in [-0.2, 0) is 6.54 Å². The molecule has 0 saturated carbocycles. The number of rotatable bonds is 2. The quantitative estimate of drug-likeness (QED) is 0.755. The van der Waals surface area contributed by atoms with Gasteiger partial charge in [0.15, 0.2) is 11.4 Å². The molecule has 2 nitrogen and oxygen atoms in total. The largest absolute Gasteiger partial charge is 0.453 e. The summed E-state index contributed by atoms with van der Waals surface area (Å²) < 4.78 is 19.1. The zero-order valence-electron chi connectivity index (χ0n) is 9.99. The summed E-state index contributed by atoms with van der Waals surface area (Å²) in [5.74, 6) is 0.221. The van der Waals surface area contributed by atoms with E-state index in [2.05, 4.69) is 0 Å². The van der Waals surface area contributed by atoms with Gasteiger partial charge in [0.1, 0.15) is 5.76 Å². The fraction of sp³-hybridized carbons (Fsp3) is 0.0667. The van der Waals surface area contributed by atoms with Crippen molar-refractivity contribution in [2.24, 2.45) is 5.73 Å². The van der Waals surface area contributed by atoms with Crippen molar-refractivity contribution in [3.05, 3.63) is 58.9 Å². The SMILES string of the molecule is NCc1ccc(-c2cc3cccc(F)c3o2)cc1Cl. The van der Waals surface area contributed by atoms with Gasteiger partial charge in [-0.05, 0) is 23.8 Å². The Bertz CT molecular complexity index is 751. The lowest BCUT2D eigenvalue weighted by Crippen LogP contribution is -1.96. The molecule has 0 spiro atoms. The lowest BCUT2D eigenvalue weighted by molar-refractivity contribution is 0.569. The number of fused-ring (bicyclic) bond motifs is 1. The first-order valence-electron chi connectivity index (χ1n) is 5.86. The van der Waals surface area contributed by atoms with Crippen LogP contribution < -0.4 is 5.73 Å². The molecule has 1 heterocycles. The molecule has 96 valence electrons. The van der Waals surface area contributed by atoms with E-state index in [9.17, 15) is 4.39 Å². The van der Waals surface area contributed by atoms with Crippen molar-refractivity contribution in [2.75, 3.05) is 0 Å². The summed E-state index contributed by atoms with van der Waals surface area (Å²) >= 11 is 6.11. The summed E-state index contributed by atoms with van der Waals surface area (Å²) in [5.41, 5.74) is 7.50. The lowest BCUT2D eigenvalue weighted by Gasteiger charge is -2.02. The molecule has 1 aromatic heterocycles. The first-order valence-corrected chi connectivity index (χ1v) is 6.24. The van der Waals surface area contributed by atoms with Crippen molar-refractivity contribution in [1.29, 1.82) is 0 Å². The van der Waals surface area contributed by atoms with Crippen LogP contribution in [0.1, 0.15) is 5.56 Å². The van der Waals surface area contributed by atoms with Gasteiger partial charge in [-0.25, -0.2) is 4.39 Å². The number of halogens is 2. The van der Waals surface area contributed by atoms with Crippen molar-refractivity contribution in [3.63, 3.8) is 0 Å². The van der Waals surface area contributed by atoms with Crippen molar-refractivity contribution in [3.8, 4) is 11.3 Å². The maximum absolute atomic E-state index is 13.6. The van der Waals surface area contributed by atoms with Crippen LogP contribution in [0.5, 0.6) is 0 Å². The molecule has 0 aliphatic rings. The Morgan fingerprint density at radius 2 is 2.00 bits per heavy atom. The van der Waals surface area contributed by atoms with Gasteiger partial charge in [0.05, 0.1) is 0 Å². The molecule has 0 saturated heterocycles. The van der Waals surface area contributed by atoms with E-state index in [1.807, 2.05) is 12.1 Å². The summed E-state index contributed by atoms with van der Waals surface area (Å²) in [6.07, 6.45) is 0. The molecule has 3 aromatic rings. The van der Waals surface area contributed by atoms with E-state index < -0.39 is 0 Å². The van der Waals surface area contributed by atoms with Gasteiger partial charge in [0.25, 0.3) is 0 Å². The summed E-state index contributed by atoms with van der Waals surface area (Å²) in [6.45, 7) is 0.383. The second-order valence-corrected chi connectivity index (χ2v) is 4.69. The number of para-hydroxylation sites is 1. The van der Waals surface area contributed by atoms with Crippen molar-refractivity contribution >= 4 is 22.6 Å². The van der Waals surface area contributed by atoms with Gasteiger partial charge in [-0.1, -0.05) is 35.9 Å². The molecule has 0 amide bonds. The fourth-order valence-electron chi connectivity index (χ4n) is 2.04. The zero-order chi connectivity index (χ0) is 13.4. The average molecular weight is 276 g/mol. The second-order valence-electron chi connectivity index (χ2n) is 4.28. The molecule has 0 atom stereocenters. The summed E-state index contributed by atoms with van der Waals surface area (Å²) in [7, 11) is 0. The number of hydrogen-bond acceptors (Lipinski definition) is 2. The molecule has 0 aliphatic carbocycles. The number of furan rings is 1. The van der Waals surface area contributed by atoms with Crippen LogP contribution in [0, 0.1) is 5.82 Å². The molecule has 0 bridgehead atoms. The van der Waals surface area contributed by atoms with E-state index in [4.69, 9.17) is 21.8 Å². The third-order valence-electron chi connectivity index (χ3n) is 3.05. The minimum absolute atomic E-state index is 0.261. The lowest BCUT2D eigenvalue weighted by atomic mass is 10.1. The Balaban J connectivity index is 2.14. The van der Waals surface area contributed by atoms with Gasteiger partial charge in [0.2, 0.25) is 0 Å². The third-order valence-corrected chi connectivity index (χ3v) is 3.41. The highest BCUT2D eigenvalue weighted by atomic mass is 35.5. The number of nitrogens with two attached hydrogens (primary N) is 1. The zero-order valence-corrected chi connectivity index (χ0v) is 10.7. The minimum atomic E-state index is -0.367. The molecular weight excluding hydrogens is 265 g/mol. The molecule has 0 radical (unpaired) electrons. The van der Waals surface area contributed by atoms with E-state index >= 15 is 0 Å². The smallest absolute Gasteiger partial charge is 0.170 e. The highest BCUT2D eigenvalue weighted by molar-refractivity contribution is 6.31. The standard InChI is InChI=1S/C15H11ClFNO/c16-12-6-9(4-5-11(12)8-18)14-7-10-2-1-3-13(17)15(10)19-14/h1-7H,8,18H2. The van der Waals surface area contributed by atoms with E-state index in [1.54, 1.807) is 24.3 Å². The van der Waals surface area contributed by atoms with Gasteiger partial charge in [-0.2, -0.15) is 0 Å². The van der Waals surface area contributed by atoms with Crippen LogP contribution >= 0.6 is 11.6 Å². The predicted molar refractivity (Wildman–Crippen MR) is 74.5 cm³/mol. The minimum Gasteiger partial charge on any atom is -0.453 e. The molecule has 0 unspecified atom stereocenters. The van der Waals surface area contributed by atoms with Gasteiger partial charge in [-0.3, -0.25) is 0 Å².